The fourth-order valence-electron chi connectivity index (χ4n) is 2.98. The van der Waals surface area contributed by atoms with Crippen LogP contribution >= 0.6 is 0 Å². The minimum absolute atomic E-state index is 0.0332. The first-order valence-electron chi connectivity index (χ1n) is 6.64. The van der Waals surface area contributed by atoms with Crippen LogP contribution < -0.4 is 10.2 Å². The van der Waals surface area contributed by atoms with Crippen LogP contribution in [0.4, 0.5) is 18.9 Å². The highest BCUT2D eigenvalue weighted by Crippen LogP contribution is 2.41. The van der Waals surface area contributed by atoms with Gasteiger partial charge in [-0.25, -0.2) is 13.2 Å². The zero-order valence-electron chi connectivity index (χ0n) is 10.8. The minimum atomic E-state index is -1.12. The van der Waals surface area contributed by atoms with E-state index in [0.717, 1.165) is 18.9 Å². The average molecular weight is 270 g/mol. The van der Waals surface area contributed by atoms with E-state index in [4.69, 9.17) is 0 Å². The van der Waals surface area contributed by atoms with Gasteiger partial charge in [0.1, 0.15) is 5.82 Å². The van der Waals surface area contributed by atoms with E-state index in [0.29, 0.717) is 31.6 Å². The van der Waals surface area contributed by atoms with Crippen molar-refractivity contribution in [3.8, 4) is 0 Å². The van der Waals surface area contributed by atoms with Gasteiger partial charge in [-0.3, -0.25) is 0 Å². The van der Waals surface area contributed by atoms with E-state index in [1.54, 1.807) is 4.90 Å². The predicted octanol–water partition coefficient (Wildman–Crippen LogP) is 2.68. The van der Waals surface area contributed by atoms with Crippen LogP contribution in [0.25, 0.3) is 0 Å². The molecule has 1 aromatic rings. The standard InChI is InChI=1S/C14H17F3N2/c1-14(9-2-3-9)8-19(5-4-18-14)12-7-10(15)6-11(16)13(12)17/h6-7,9,18H,2-5,8H2,1H3. The van der Waals surface area contributed by atoms with Crippen molar-refractivity contribution in [2.75, 3.05) is 24.5 Å². The molecule has 1 aromatic carbocycles. The minimum Gasteiger partial charge on any atom is -0.366 e. The molecule has 1 heterocycles. The van der Waals surface area contributed by atoms with Crippen LogP contribution in [0.5, 0.6) is 0 Å². The van der Waals surface area contributed by atoms with Gasteiger partial charge in [-0.2, -0.15) is 0 Å². The Labute approximate surface area is 110 Å². The van der Waals surface area contributed by atoms with E-state index in [2.05, 4.69) is 12.2 Å². The molecule has 1 atom stereocenters. The summed E-state index contributed by atoms with van der Waals surface area (Å²) < 4.78 is 40.4. The van der Waals surface area contributed by atoms with Gasteiger partial charge in [-0.1, -0.05) is 0 Å². The summed E-state index contributed by atoms with van der Waals surface area (Å²) in [6.45, 7) is 3.94. The van der Waals surface area contributed by atoms with Gasteiger partial charge in [0, 0.05) is 37.3 Å². The van der Waals surface area contributed by atoms with Crippen molar-refractivity contribution in [1.82, 2.24) is 5.32 Å². The average Bonchev–Trinajstić information content (AvgIpc) is 3.18. The number of nitrogens with one attached hydrogen (secondary N) is 1. The topological polar surface area (TPSA) is 15.3 Å². The van der Waals surface area contributed by atoms with Crippen molar-refractivity contribution < 1.29 is 13.2 Å². The molecule has 19 heavy (non-hydrogen) atoms. The monoisotopic (exact) mass is 270 g/mol. The van der Waals surface area contributed by atoms with Crippen molar-refractivity contribution in [2.24, 2.45) is 5.92 Å². The van der Waals surface area contributed by atoms with Crippen LogP contribution in [-0.2, 0) is 0 Å². The van der Waals surface area contributed by atoms with Crippen LogP contribution in [0, 0.1) is 23.4 Å². The maximum atomic E-state index is 13.8. The second-order valence-corrected chi connectivity index (χ2v) is 5.76. The first-order chi connectivity index (χ1) is 8.99. The first-order valence-corrected chi connectivity index (χ1v) is 6.64. The van der Waals surface area contributed by atoms with Crippen LogP contribution in [0.1, 0.15) is 19.8 Å². The Hall–Kier alpha value is -1.23. The van der Waals surface area contributed by atoms with Gasteiger partial charge in [0.25, 0.3) is 0 Å². The van der Waals surface area contributed by atoms with Gasteiger partial charge in [-0.15, -0.1) is 0 Å². The second-order valence-electron chi connectivity index (χ2n) is 5.76. The van der Waals surface area contributed by atoms with E-state index in [1.807, 2.05) is 0 Å². The number of hydrogen-bond donors (Lipinski definition) is 1. The Morgan fingerprint density at radius 3 is 2.68 bits per heavy atom. The summed E-state index contributed by atoms with van der Waals surface area (Å²) in [7, 11) is 0. The third-order valence-electron chi connectivity index (χ3n) is 4.22. The Kier molecular flexibility index (Phi) is 2.96. The number of halogens is 3. The number of benzene rings is 1. The van der Waals surface area contributed by atoms with Crippen LogP contribution in [0.3, 0.4) is 0 Å². The summed E-state index contributed by atoms with van der Waals surface area (Å²) in [6, 6.07) is 1.66. The Morgan fingerprint density at radius 1 is 1.26 bits per heavy atom. The molecule has 0 spiro atoms. The molecule has 1 unspecified atom stereocenters. The zero-order chi connectivity index (χ0) is 13.6. The van der Waals surface area contributed by atoms with Crippen LogP contribution in [0.2, 0.25) is 0 Å². The van der Waals surface area contributed by atoms with Gasteiger partial charge in [0.2, 0.25) is 0 Å². The molecule has 0 bridgehead atoms. The van der Waals surface area contributed by atoms with Gasteiger partial charge in [0.15, 0.2) is 11.6 Å². The molecule has 0 amide bonds. The van der Waals surface area contributed by atoms with E-state index in [-0.39, 0.29) is 11.2 Å². The molecule has 104 valence electrons. The SMILES string of the molecule is CC1(C2CC2)CN(c2cc(F)cc(F)c2F)CCN1. The highest BCUT2D eigenvalue weighted by molar-refractivity contribution is 5.49. The maximum Gasteiger partial charge on any atom is 0.182 e. The van der Waals surface area contributed by atoms with E-state index in [9.17, 15) is 13.2 Å². The quantitative estimate of drug-likeness (QED) is 0.831. The van der Waals surface area contributed by atoms with Crippen molar-refractivity contribution in [3.63, 3.8) is 0 Å². The third-order valence-corrected chi connectivity index (χ3v) is 4.22. The molecule has 2 fully saturated rings. The number of hydrogen-bond acceptors (Lipinski definition) is 2. The van der Waals surface area contributed by atoms with Crippen molar-refractivity contribution in [1.29, 1.82) is 0 Å². The molecule has 1 saturated heterocycles. The zero-order valence-corrected chi connectivity index (χ0v) is 10.8. The summed E-state index contributed by atoms with van der Waals surface area (Å²) >= 11 is 0. The lowest BCUT2D eigenvalue weighted by atomic mass is 9.92. The number of anilines is 1. The lowest BCUT2D eigenvalue weighted by molar-refractivity contribution is 0.283. The van der Waals surface area contributed by atoms with Crippen molar-refractivity contribution in [2.45, 2.75) is 25.3 Å². The molecule has 5 heteroatoms. The van der Waals surface area contributed by atoms with Gasteiger partial charge in [0.05, 0.1) is 5.69 Å². The van der Waals surface area contributed by atoms with Gasteiger partial charge < -0.3 is 10.2 Å². The molecule has 1 saturated carbocycles. The van der Waals surface area contributed by atoms with E-state index < -0.39 is 17.5 Å². The lowest BCUT2D eigenvalue weighted by Crippen LogP contribution is -2.60. The van der Waals surface area contributed by atoms with E-state index in [1.165, 1.54) is 0 Å². The number of nitrogens with zero attached hydrogens (tertiary/aromatic N) is 1. The second kappa shape index (κ2) is 4.40. The molecule has 1 aliphatic carbocycles. The van der Waals surface area contributed by atoms with Crippen molar-refractivity contribution >= 4 is 5.69 Å². The van der Waals surface area contributed by atoms with Crippen LogP contribution in [0.15, 0.2) is 12.1 Å². The molecular weight excluding hydrogens is 253 g/mol. The van der Waals surface area contributed by atoms with Gasteiger partial charge >= 0.3 is 0 Å². The molecule has 0 aromatic heterocycles. The molecule has 3 rings (SSSR count). The van der Waals surface area contributed by atoms with Gasteiger partial charge in [-0.05, 0) is 25.7 Å². The molecular formula is C14H17F3N2. The number of piperazine rings is 1. The maximum absolute atomic E-state index is 13.8. The summed E-state index contributed by atoms with van der Waals surface area (Å²) in [5.41, 5.74) is -0.0566. The Morgan fingerprint density at radius 2 is 2.00 bits per heavy atom. The smallest absolute Gasteiger partial charge is 0.182 e. The molecule has 0 radical (unpaired) electrons. The van der Waals surface area contributed by atoms with E-state index >= 15 is 0 Å². The van der Waals surface area contributed by atoms with Crippen molar-refractivity contribution in [3.05, 3.63) is 29.6 Å². The Bertz CT molecular complexity index is 502. The highest BCUT2D eigenvalue weighted by atomic mass is 19.2. The molecule has 2 nitrogen and oxygen atoms in total. The predicted molar refractivity (Wildman–Crippen MR) is 67.7 cm³/mol. The Balaban J connectivity index is 1.89. The van der Waals surface area contributed by atoms with Crippen LogP contribution in [-0.4, -0.2) is 25.2 Å². The molecule has 2 aliphatic rings. The summed E-state index contributed by atoms with van der Waals surface area (Å²) in [5.74, 6) is -2.24. The third kappa shape index (κ3) is 2.31. The normalized spacial score (nSPS) is 27.7. The molecule has 1 N–H and O–H groups in total. The summed E-state index contributed by atoms with van der Waals surface area (Å²) in [4.78, 5) is 1.75. The lowest BCUT2D eigenvalue weighted by Gasteiger charge is -2.43. The largest absolute Gasteiger partial charge is 0.366 e. The highest BCUT2D eigenvalue weighted by Gasteiger charge is 2.44. The fraction of sp³-hybridized carbons (Fsp3) is 0.571. The number of rotatable bonds is 2. The summed E-state index contributed by atoms with van der Waals surface area (Å²) in [6.07, 6.45) is 2.33. The molecule has 1 aliphatic heterocycles. The fourth-order valence-corrected chi connectivity index (χ4v) is 2.98. The first kappa shape index (κ1) is 12.8. The summed E-state index contributed by atoms with van der Waals surface area (Å²) in [5, 5.41) is 3.45.